The van der Waals surface area contributed by atoms with Crippen molar-refractivity contribution in [3.05, 3.63) is 23.5 Å². The van der Waals surface area contributed by atoms with Crippen LogP contribution in [0.3, 0.4) is 0 Å². The lowest BCUT2D eigenvalue weighted by Gasteiger charge is -2.32. The fraction of sp³-hybridized carbons (Fsp3) is 0.545. The first-order valence-corrected chi connectivity index (χ1v) is 5.29. The van der Waals surface area contributed by atoms with Crippen LogP contribution in [0.4, 0.5) is 13.2 Å². The summed E-state index contributed by atoms with van der Waals surface area (Å²) in [6.45, 7) is 0.677. The lowest BCUT2D eigenvalue weighted by molar-refractivity contribution is -0.287. The van der Waals surface area contributed by atoms with Crippen molar-refractivity contribution in [1.29, 1.82) is 5.26 Å². The van der Waals surface area contributed by atoms with E-state index in [9.17, 15) is 18.3 Å². The zero-order chi connectivity index (χ0) is 13.7. The zero-order valence-corrected chi connectivity index (χ0v) is 9.44. The molecule has 2 rings (SSSR count). The van der Waals surface area contributed by atoms with E-state index in [0.29, 0.717) is 0 Å². The van der Waals surface area contributed by atoms with Crippen molar-refractivity contribution in [2.75, 3.05) is 6.61 Å². The Bertz CT molecular complexity index is 517. The van der Waals surface area contributed by atoms with E-state index in [1.165, 1.54) is 17.7 Å². The Labute approximate surface area is 101 Å². The fourth-order valence-electron chi connectivity index (χ4n) is 2.56. The van der Waals surface area contributed by atoms with Gasteiger partial charge in [0.2, 0.25) is 5.60 Å². The van der Waals surface area contributed by atoms with Crippen LogP contribution in [0, 0.1) is 17.2 Å². The number of aliphatic hydroxyl groups excluding tert-OH is 1. The second kappa shape index (κ2) is 3.73. The largest absolute Gasteiger partial charge is 0.423 e. The molecule has 0 bridgehead atoms. The highest BCUT2D eigenvalue weighted by molar-refractivity contribution is 5.37. The van der Waals surface area contributed by atoms with E-state index in [1.54, 1.807) is 6.07 Å². The number of halogens is 3. The maximum atomic E-state index is 13.1. The van der Waals surface area contributed by atoms with Crippen LogP contribution >= 0.6 is 0 Å². The molecule has 0 spiro atoms. The van der Waals surface area contributed by atoms with Crippen molar-refractivity contribution in [2.24, 2.45) is 5.92 Å². The zero-order valence-electron chi connectivity index (χ0n) is 9.44. The standard InChI is InChI=1S/C11H11F3N2O2/c1-6-8(5-17)10(18,11(12,13)14)9-2-7(3-15)4-16(6)9/h2,4,6,8,17-18H,5H2,1H3/t6-,8-,10-/m1/s1. The summed E-state index contributed by atoms with van der Waals surface area (Å²) in [4.78, 5) is 0. The van der Waals surface area contributed by atoms with Gasteiger partial charge in [-0.05, 0) is 13.0 Å². The minimum Gasteiger partial charge on any atom is -0.396 e. The second-order valence-electron chi connectivity index (χ2n) is 4.43. The number of alkyl halides is 3. The fourth-order valence-corrected chi connectivity index (χ4v) is 2.56. The third-order valence-electron chi connectivity index (χ3n) is 3.55. The van der Waals surface area contributed by atoms with Crippen molar-refractivity contribution < 1.29 is 23.4 Å². The number of aromatic nitrogens is 1. The van der Waals surface area contributed by atoms with E-state index < -0.39 is 36.0 Å². The van der Waals surface area contributed by atoms with E-state index in [-0.39, 0.29) is 5.56 Å². The Hall–Kier alpha value is -1.52. The smallest absolute Gasteiger partial charge is 0.396 e. The molecule has 0 radical (unpaired) electrons. The molecule has 0 saturated carbocycles. The van der Waals surface area contributed by atoms with Gasteiger partial charge < -0.3 is 14.8 Å². The average molecular weight is 260 g/mol. The maximum Gasteiger partial charge on any atom is 0.423 e. The highest BCUT2D eigenvalue weighted by atomic mass is 19.4. The predicted octanol–water partition coefficient (Wildman–Crippen LogP) is 1.29. The third kappa shape index (κ3) is 1.39. The highest BCUT2D eigenvalue weighted by Crippen LogP contribution is 2.53. The Balaban J connectivity index is 2.66. The Morgan fingerprint density at radius 3 is 2.61 bits per heavy atom. The van der Waals surface area contributed by atoms with Gasteiger partial charge in [-0.1, -0.05) is 0 Å². The molecule has 1 aliphatic rings. The number of hydrogen-bond acceptors (Lipinski definition) is 3. The molecule has 0 fully saturated rings. The minimum atomic E-state index is -4.91. The molecule has 1 aromatic heterocycles. The van der Waals surface area contributed by atoms with E-state index in [0.717, 1.165) is 6.07 Å². The first kappa shape index (κ1) is 12.9. The molecule has 0 saturated heterocycles. The monoisotopic (exact) mass is 260 g/mol. The lowest BCUT2D eigenvalue weighted by atomic mass is 9.83. The molecular formula is C11H11F3N2O2. The van der Waals surface area contributed by atoms with Crippen LogP contribution in [-0.2, 0) is 5.60 Å². The Kier molecular flexibility index (Phi) is 2.68. The summed E-state index contributed by atoms with van der Waals surface area (Å²) in [5.74, 6) is -1.37. The average Bonchev–Trinajstić information content (AvgIpc) is 2.78. The molecule has 4 nitrogen and oxygen atoms in total. The summed E-state index contributed by atoms with van der Waals surface area (Å²) < 4.78 is 40.5. The van der Waals surface area contributed by atoms with Crippen molar-refractivity contribution >= 4 is 0 Å². The second-order valence-corrected chi connectivity index (χ2v) is 4.43. The lowest BCUT2D eigenvalue weighted by Crippen LogP contribution is -2.47. The van der Waals surface area contributed by atoms with Crippen LogP contribution in [0.5, 0.6) is 0 Å². The molecule has 18 heavy (non-hydrogen) atoms. The van der Waals surface area contributed by atoms with Gasteiger partial charge in [0.05, 0.1) is 17.9 Å². The van der Waals surface area contributed by atoms with Gasteiger partial charge in [0, 0.05) is 18.2 Å². The van der Waals surface area contributed by atoms with Gasteiger partial charge in [0.1, 0.15) is 6.07 Å². The van der Waals surface area contributed by atoms with Crippen LogP contribution in [0.25, 0.3) is 0 Å². The number of aliphatic hydroxyl groups is 2. The molecule has 3 atom stereocenters. The number of nitrogens with zero attached hydrogens (tertiary/aromatic N) is 2. The molecule has 2 N–H and O–H groups in total. The van der Waals surface area contributed by atoms with Gasteiger partial charge in [-0.25, -0.2) is 0 Å². The SMILES string of the molecule is C[C@@H]1[C@@H](CO)[C@](O)(C(F)(F)F)c2cc(C#N)cn21. The van der Waals surface area contributed by atoms with Crippen molar-refractivity contribution in [3.8, 4) is 6.07 Å². The molecule has 1 aliphatic heterocycles. The summed E-state index contributed by atoms with van der Waals surface area (Å²) in [5, 5.41) is 27.8. The molecule has 0 aromatic carbocycles. The predicted molar refractivity (Wildman–Crippen MR) is 54.4 cm³/mol. The first-order valence-electron chi connectivity index (χ1n) is 5.29. The van der Waals surface area contributed by atoms with Gasteiger partial charge in [-0.3, -0.25) is 0 Å². The Morgan fingerprint density at radius 2 is 2.17 bits per heavy atom. The summed E-state index contributed by atoms with van der Waals surface area (Å²) in [6.07, 6.45) is -3.65. The van der Waals surface area contributed by atoms with Gasteiger partial charge in [-0.15, -0.1) is 0 Å². The molecular weight excluding hydrogens is 249 g/mol. The quantitative estimate of drug-likeness (QED) is 0.799. The first-order chi connectivity index (χ1) is 8.27. The van der Waals surface area contributed by atoms with E-state index in [4.69, 9.17) is 10.4 Å². The maximum absolute atomic E-state index is 13.1. The van der Waals surface area contributed by atoms with Crippen LogP contribution in [-0.4, -0.2) is 27.6 Å². The normalized spacial score (nSPS) is 31.2. The molecule has 1 aromatic rings. The number of nitriles is 1. The molecule has 98 valence electrons. The molecule has 7 heteroatoms. The van der Waals surface area contributed by atoms with Gasteiger partial charge >= 0.3 is 6.18 Å². The van der Waals surface area contributed by atoms with E-state index in [2.05, 4.69) is 0 Å². The van der Waals surface area contributed by atoms with Gasteiger partial charge in [0.15, 0.2) is 0 Å². The van der Waals surface area contributed by atoms with E-state index in [1.807, 2.05) is 0 Å². The summed E-state index contributed by atoms with van der Waals surface area (Å²) >= 11 is 0. The summed E-state index contributed by atoms with van der Waals surface area (Å²) in [6, 6.07) is 2.01. The van der Waals surface area contributed by atoms with Crippen molar-refractivity contribution in [3.63, 3.8) is 0 Å². The van der Waals surface area contributed by atoms with E-state index >= 15 is 0 Å². The molecule has 0 aliphatic carbocycles. The number of hydrogen-bond donors (Lipinski definition) is 2. The van der Waals surface area contributed by atoms with Crippen molar-refractivity contribution in [2.45, 2.75) is 24.7 Å². The van der Waals surface area contributed by atoms with Crippen molar-refractivity contribution in [1.82, 2.24) is 4.57 Å². The number of fused-ring (bicyclic) bond motifs is 1. The van der Waals surface area contributed by atoms with Crippen LogP contribution in [0.1, 0.15) is 24.2 Å². The highest BCUT2D eigenvalue weighted by Gasteiger charge is 2.65. The molecule has 0 amide bonds. The topological polar surface area (TPSA) is 69.2 Å². The van der Waals surface area contributed by atoms with Gasteiger partial charge in [0.25, 0.3) is 0 Å². The summed E-state index contributed by atoms with van der Waals surface area (Å²) in [7, 11) is 0. The molecule has 0 unspecified atom stereocenters. The minimum absolute atomic E-state index is 0.0518. The van der Waals surface area contributed by atoms with Gasteiger partial charge in [-0.2, -0.15) is 18.4 Å². The van der Waals surface area contributed by atoms with Crippen LogP contribution in [0.2, 0.25) is 0 Å². The van der Waals surface area contributed by atoms with Crippen LogP contribution in [0.15, 0.2) is 12.3 Å². The Morgan fingerprint density at radius 1 is 1.56 bits per heavy atom. The van der Waals surface area contributed by atoms with Crippen LogP contribution < -0.4 is 0 Å². The molecule has 2 heterocycles. The third-order valence-corrected chi connectivity index (χ3v) is 3.55. The number of rotatable bonds is 1. The summed E-state index contributed by atoms with van der Waals surface area (Å²) in [5.41, 5.74) is -3.45.